The summed E-state index contributed by atoms with van der Waals surface area (Å²) in [6.45, 7) is 2.05. The van der Waals surface area contributed by atoms with Gasteiger partial charge in [-0.3, -0.25) is 4.79 Å². The molecule has 2 aliphatic rings. The molecule has 0 radical (unpaired) electrons. The lowest BCUT2D eigenvalue weighted by Gasteiger charge is -2.32. The molecular weight excluding hydrogens is 352 g/mol. The van der Waals surface area contributed by atoms with E-state index in [1.165, 1.54) is 7.11 Å². The highest BCUT2D eigenvalue weighted by atomic mass is 32.2. The van der Waals surface area contributed by atoms with Crippen molar-refractivity contribution in [2.24, 2.45) is 0 Å². The van der Waals surface area contributed by atoms with Crippen molar-refractivity contribution in [3.63, 3.8) is 0 Å². The summed E-state index contributed by atoms with van der Waals surface area (Å²) < 4.78 is 7.02. The minimum absolute atomic E-state index is 0.0652. The SMILES string of the molecule is CCSc1nc2n(n1)C(c1ccc(O)c(OC)c1)C1=C(CCCC1=O)N2. The molecule has 0 spiro atoms. The highest BCUT2D eigenvalue weighted by molar-refractivity contribution is 7.99. The maximum absolute atomic E-state index is 12.7. The van der Waals surface area contributed by atoms with Crippen molar-refractivity contribution in [2.45, 2.75) is 37.4 Å². The molecule has 4 rings (SSSR count). The van der Waals surface area contributed by atoms with Crippen LogP contribution in [0.15, 0.2) is 34.6 Å². The Morgan fingerprint density at radius 3 is 3.04 bits per heavy atom. The Hall–Kier alpha value is -2.48. The van der Waals surface area contributed by atoms with Crippen LogP contribution >= 0.6 is 11.8 Å². The zero-order valence-corrected chi connectivity index (χ0v) is 15.5. The van der Waals surface area contributed by atoms with Gasteiger partial charge in [0.1, 0.15) is 6.04 Å². The van der Waals surface area contributed by atoms with Crippen molar-refractivity contribution in [3.8, 4) is 11.5 Å². The van der Waals surface area contributed by atoms with Gasteiger partial charge in [0.15, 0.2) is 17.3 Å². The van der Waals surface area contributed by atoms with Crippen molar-refractivity contribution in [1.29, 1.82) is 0 Å². The fraction of sp³-hybridized carbons (Fsp3) is 0.389. The zero-order chi connectivity index (χ0) is 18.3. The number of nitrogens with zero attached hydrogens (tertiary/aromatic N) is 3. The van der Waals surface area contributed by atoms with Crippen molar-refractivity contribution in [1.82, 2.24) is 14.8 Å². The van der Waals surface area contributed by atoms with Gasteiger partial charge in [0.2, 0.25) is 11.1 Å². The van der Waals surface area contributed by atoms with Crippen LogP contribution in [0.5, 0.6) is 11.5 Å². The number of hydrogen-bond donors (Lipinski definition) is 2. The van der Waals surface area contributed by atoms with Crippen molar-refractivity contribution >= 4 is 23.5 Å². The average Bonchev–Trinajstić information content (AvgIpc) is 3.03. The van der Waals surface area contributed by atoms with Gasteiger partial charge in [-0.05, 0) is 36.3 Å². The first-order valence-corrected chi connectivity index (χ1v) is 9.60. The highest BCUT2D eigenvalue weighted by Crippen LogP contribution is 2.42. The Bertz CT molecular complexity index is 906. The van der Waals surface area contributed by atoms with Gasteiger partial charge in [-0.2, -0.15) is 4.98 Å². The maximum Gasteiger partial charge on any atom is 0.227 e. The summed E-state index contributed by atoms with van der Waals surface area (Å²) >= 11 is 1.56. The normalized spacial score (nSPS) is 19.0. The van der Waals surface area contributed by atoms with Crippen molar-refractivity contribution < 1.29 is 14.6 Å². The molecule has 1 aliphatic carbocycles. The van der Waals surface area contributed by atoms with E-state index in [4.69, 9.17) is 4.74 Å². The molecule has 1 aromatic heterocycles. The molecule has 0 saturated heterocycles. The molecular formula is C18H20N4O3S. The first-order chi connectivity index (χ1) is 12.6. The summed E-state index contributed by atoms with van der Waals surface area (Å²) in [5.41, 5.74) is 2.49. The van der Waals surface area contributed by atoms with E-state index < -0.39 is 0 Å². The first kappa shape index (κ1) is 17.0. The molecule has 0 saturated carbocycles. The lowest BCUT2D eigenvalue weighted by atomic mass is 9.85. The van der Waals surface area contributed by atoms with E-state index >= 15 is 0 Å². The number of phenols is 1. The Labute approximate surface area is 155 Å². The summed E-state index contributed by atoms with van der Waals surface area (Å²) in [7, 11) is 1.51. The largest absolute Gasteiger partial charge is 0.504 e. The monoisotopic (exact) mass is 372 g/mol. The molecule has 26 heavy (non-hydrogen) atoms. The number of allylic oxidation sites excluding steroid dienone is 2. The maximum atomic E-state index is 12.7. The number of anilines is 1. The third-order valence-corrected chi connectivity index (χ3v) is 5.36. The number of thioether (sulfide) groups is 1. The number of ether oxygens (including phenoxy) is 1. The number of carbonyl (C=O) groups excluding carboxylic acids is 1. The van der Waals surface area contributed by atoms with Crippen LogP contribution in [0.2, 0.25) is 0 Å². The number of rotatable bonds is 4. The molecule has 1 atom stereocenters. The second kappa shape index (κ2) is 6.68. The van der Waals surface area contributed by atoms with Crippen LogP contribution < -0.4 is 10.1 Å². The number of methoxy groups -OCH3 is 1. The van der Waals surface area contributed by atoms with Crippen LogP contribution in [0.25, 0.3) is 0 Å². The molecule has 0 fully saturated rings. The summed E-state index contributed by atoms with van der Waals surface area (Å²) in [5, 5.41) is 18.5. The number of fused-ring (bicyclic) bond motifs is 1. The Balaban J connectivity index is 1.88. The van der Waals surface area contributed by atoms with E-state index in [0.717, 1.165) is 35.4 Å². The molecule has 0 bridgehead atoms. The number of Topliss-reactive ketones (excluding diaryl/α,β-unsaturated/α-hetero) is 1. The number of ketones is 1. The number of benzene rings is 1. The first-order valence-electron chi connectivity index (χ1n) is 8.62. The van der Waals surface area contributed by atoms with E-state index in [9.17, 15) is 9.90 Å². The fourth-order valence-corrected chi connectivity index (χ4v) is 4.05. The minimum atomic E-state index is -0.373. The molecule has 136 valence electrons. The van der Waals surface area contributed by atoms with E-state index in [2.05, 4.69) is 15.4 Å². The van der Waals surface area contributed by atoms with Crippen LogP contribution in [0.1, 0.15) is 37.8 Å². The molecule has 7 nitrogen and oxygen atoms in total. The summed E-state index contributed by atoms with van der Waals surface area (Å²) in [4.78, 5) is 17.3. The van der Waals surface area contributed by atoms with Gasteiger partial charge in [-0.15, -0.1) is 5.10 Å². The van der Waals surface area contributed by atoms with E-state index in [1.54, 1.807) is 34.6 Å². The third kappa shape index (κ3) is 2.74. The molecule has 2 heterocycles. The second-order valence-electron chi connectivity index (χ2n) is 6.22. The number of aromatic nitrogens is 3. The van der Waals surface area contributed by atoms with E-state index in [1.807, 2.05) is 6.92 Å². The summed E-state index contributed by atoms with van der Waals surface area (Å²) in [6, 6.07) is 4.78. The molecule has 2 aromatic rings. The van der Waals surface area contributed by atoms with Crippen LogP contribution in [-0.4, -0.2) is 38.5 Å². The highest BCUT2D eigenvalue weighted by Gasteiger charge is 2.37. The molecule has 1 aromatic carbocycles. The number of carbonyl (C=O) groups is 1. The van der Waals surface area contributed by atoms with Gasteiger partial charge >= 0.3 is 0 Å². The third-order valence-electron chi connectivity index (χ3n) is 4.64. The van der Waals surface area contributed by atoms with Gasteiger partial charge < -0.3 is 15.2 Å². The smallest absolute Gasteiger partial charge is 0.227 e. The van der Waals surface area contributed by atoms with Crippen LogP contribution in [0.4, 0.5) is 5.95 Å². The van der Waals surface area contributed by atoms with E-state index in [0.29, 0.717) is 23.3 Å². The topological polar surface area (TPSA) is 89.3 Å². The lowest BCUT2D eigenvalue weighted by molar-refractivity contribution is -0.116. The Morgan fingerprint density at radius 1 is 1.42 bits per heavy atom. The number of phenolic OH excluding ortho intramolecular Hbond substituents is 1. The predicted octanol–water partition coefficient (Wildman–Crippen LogP) is 3.13. The van der Waals surface area contributed by atoms with Gasteiger partial charge in [-0.25, -0.2) is 4.68 Å². The summed E-state index contributed by atoms with van der Waals surface area (Å²) in [5.74, 6) is 2.08. The van der Waals surface area contributed by atoms with Crippen LogP contribution in [0.3, 0.4) is 0 Å². The Kier molecular flexibility index (Phi) is 4.36. The quantitative estimate of drug-likeness (QED) is 0.797. The molecule has 8 heteroatoms. The standard InChI is InChI=1S/C18H20N4O3S/c1-3-26-18-20-17-19-11-5-4-6-13(24)15(11)16(22(17)21-18)10-7-8-12(23)14(9-10)25-2/h7-9,16,23H,3-6H2,1-2H3,(H,19,20,21). The zero-order valence-electron chi connectivity index (χ0n) is 14.7. The molecule has 0 amide bonds. The lowest BCUT2D eigenvalue weighted by Crippen LogP contribution is -2.31. The van der Waals surface area contributed by atoms with Gasteiger partial charge in [-0.1, -0.05) is 24.8 Å². The van der Waals surface area contributed by atoms with Gasteiger partial charge in [0, 0.05) is 17.7 Å². The van der Waals surface area contributed by atoms with Gasteiger partial charge in [0.05, 0.1) is 7.11 Å². The molecule has 2 N–H and O–H groups in total. The van der Waals surface area contributed by atoms with E-state index in [-0.39, 0.29) is 17.6 Å². The van der Waals surface area contributed by atoms with Crippen LogP contribution in [0, 0.1) is 0 Å². The minimum Gasteiger partial charge on any atom is -0.504 e. The molecule has 1 aliphatic heterocycles. The van der Waals surface area contributed by atoms with Crippen LogP contribution in [-0.2, 0) is 4.79 Å². The molecule has 1 unspecified atom stereocenters. The second-order valence-corrected chi connectivity index (χ2v) is 7.45. The summed E-state index contributed by atoms with van der Waals surface area (Å²) in [6.07, 6.45) is 2.18. The predicted molar refractivity (Wildman–Crippen MR) is 98.7 cm³/mol. The van der Waals surface area contributed by atoms with Gasteiger partial charge in [0.25, 0.3) is 0 Å². The average molecular weight is 372 g/mol. The number of nitrogens with one attached hydrogen (secondary N) is 1. The van der Waals surface area contributed by atoms with Crippen molar-refractivity contribution in [3.05, 3.63) is 35.0 Å². The fourth-order valence-electron chi connectivity index (χ4n) is 3.50. The van der Waals surface area contributed by atoms with Crippen molar-refractivity contribution in [2.75, 3.05) is 18.2 Å². The number of aromatic hydroxyl groups is 1. The Morgan fingerprint density at radius 2 is 2.27 bits per heavy atom. The number of hydrogen-bond acceptors (Lipinski definition) is 7.